The van der Waals surface area contributed by atoms with E-state index in [-0.39, 0.29) is 5.56 Å². The van der Waals surface area contributed by atoms with E-state index in [9.17, 15) is 9.36 Å². The summed E-state index contributed by atoms with van der Waals surface area (Å²) in [6, 6.07) is 7.74. The van der Waals surface area contributed by atoms with Crippen LogP contribution in [0.2, 0.25) is 5.15 Å². The van der Waals surface area contributed by atoms with Crippen molar-refractivity contribution in [1.82, 2.24) is 40.2 Å². The van der Waals surface area contributed by atoms with Crippen LogP contribution >= 0.6 is 50.5 Å². The number of hydrogen-bond donors (Lipinski definition) is 3. The Hall–Kier alpha value is -4.67. The molecule has 16 nitrogen and oxygen atoms in total. The highest BCUT2D eigenvalue weighted by atomic mass is 36.0. The average molecular weight is 909 g/mol. The number of H-pyrrole nitrogens is 3. The summed E-state index contributed by atoms with van der Waals surface area (Å²) in [7, 11) is 6.50. The van der Waals surface area contributed by atoms with Crippen molar-refractivity contribution in [2.75, 3.05) is 41.7 Å². The molecule has 0 radical (unpaired) electrons. The van der Waals surface area contributed by atoms with E-state index in [1.807, 2.05) is 52.0 Å². The normalized spacial score (nSPS) is 11.6. The van der Waals surface area contributed by atoms with Crippen LogP contribution in [-0.2, 0) is 26.9 Å². The number of nitrogens with zero attached hydrogens (tertiary/aromatic N) is 5. The first-order valence-corrected chi connectivity index (χ1v) is 22.6. The number of methoxy groups -OCH3 is 4. The lowest BCUT2D eigenvalue weighted by atomic mass is 10.0. The third-order valence-corrected chi connectivity index (χ3v) is 9.56. The summed E-state index contributed by atoms with van der Waals surface area (Å²) in [6.45, 7) is 8.55. The molecule has 8 aromatic rings. The lowest BCUT2D eigenvalue weighted by Crippen LogP contribution is -2.12. The van der Waals surface area contributed by atoms with Gasteiger partial charge in [0.25, 0.3) is 5.56 Å². The predicted molar refractivity (Wildman–Crippen MR) is 230 cm³/mol. The zero-order valence-corrected chi connectivity index (χ0v) is 37.0. The number of nitrogens with one attached hydrogen (secondary N) is 3. The van der Waals surface area contributed by atoms with Gasteiger partial charge in [-0.05, 0) is 85.7 Å². The first kappa shape index (κ1) is 43.9. The van der Waals surface area contributed by atoms with E-state index in [2.05, 4.69) is 73.9 Å². The molecule has 0 amide bonds. The monoisotopic (exact) mass is 906 g/mol. The van der Waals surface area contributed by atoms with Crippen molar-refractivity contribution in [3.8, 4) is 33.8 Å². The van der Waals surface area contributed by atoms with Crippen LogP contribution in [0.3, 0.4) is 0 Å². The summed E-state index contributed by atoms with van der Waals surface area (Å²) in [5, 5.41) is 8.20. The van der Waals surface area contributed by atoms with Gasteiger partial charge in [0, 0.05) is 60.0 Å². The predicted octanol–water partition coefficient (Wildman–Crippen LogP) is 9.92. The molecule has 3 N–H and O–H groups in total. The minimum absolute atomic E-state index is 0.190. The minimum atomic E-state index is -3.22. The Morgan fingerprint density at radius 2 is 1.15 bits per heavy atom. The Morgan fingerprint density at radius 3 is 1.61 bits per heavy atom. The fraction of sp³-hybridized carbons (Fsp3) is 0.316. The Bertz CT molecular complexity index is 2870. The maximum Gasteiger partial charge on any atom is 0.339 e. The second kappa shape index (κ2) is 18.3. The number of halogens is 4. The van der Waals surface area contributed by atoms with Gasteiger partial charge in [-0.1, -0.05) is 21.9 Å². The first-order chi connectivity index (χ1) is 28.1. The number of hydrogen-bond acceptors (Lipinski definition) is 13. The van der Waals surface area contributed by atoms with Crippen LogP contribution in [0.15, 0.2) is 38.1 Å². The van der Waals surface area contributed by atoms with Crippen molar-refractivity contribution in [1.29, 1.82) is 0 Å². The van der Waals surface area contributed by atoms with Gasteiger partial charge in [-0.25, -0.2) is 15.0 Å². The number of aromatic nitrogens is 8. The van der Waals surface area contributed by atoms with E-state index in [0.29, 0.717) is 76.8 Å². The molecule has 0 aliphatic carbocycles. The third kappa shape index (κ3) is 9.55. The summed E-state index contributed by atoms with van der Waals surface area (Å²) in [5.74, 6) is 4.01. The number of aryl methyl sites for hydroxylation is 4. The number of benzene rings is 2. The van der Waals surface area contributed by atoms with Crippen molar-refractivity contribution in [2.45, 2.75) is 40.5 Å². The zero-order valence-electron chi connectivity index (χ0n) is 33.1. The van der Waals surface area contributed by atoms with Crippen LogP contribution in [0.1, 0.15) is 34.6 Å². The van der Waals surface area contributed by atoms with Gasteiger partial charge in [0.15, 0.2) is 0 Å². The Balaban J connectivity index is 0.000000178. The lowest BCUT2D eigenvalue weighted by Gasteiger charge is -2.09. The van der Waals surface area contributed by atoms with E-state index in [1.165, 1.54) is 0 Å². The smallest absolute Gasteiger partial charge is 0.339 e. The molecule has 0 fully saturated rings. The van der Waals surface area contributed by atoms with E-state index in [1.54, 1.807) is 28.4 Å². The SMILES string of the molecule is COCCc1nc(Cl)c2c(n1)[nH]c1cc(-c3c(C)noc3C)c(OC)cc12.COCCc1nc2[nH]c3cc(-c4c(C)noc4C)c(OC)cc3c2c(=O)[nH]1.O=P(Cl)(Cl)Cl. The molecule has 8 rings (SSSR count). The Morgan fingerprint density at radius 1 is 0.678 bits per heavy atom. The molecule has 0 aliphatic heterocycles. The Labute approximate surface area is 355 Å². The summed E-state index contributed by atoms with van der Waals surface area (Å²) >= 11 is 20.3. The van der Waals surface area contributed by atoms with Crippen LogP contribution in [0.5, 0.6) is 11.5 Å². The zero-order chi connectivity index (χ0) is 42.8. The van der Waals surface area contributed by atoms with Crippen LogP contribution in [0.4, 0.5) is 0 Å². The maximum atomic E-state index is 12.6. The average Bonchev–Trinajstić information content (AvgIpc) is 3.92. The molecule has 0 aliphatic rings. The van der Waals surface area contributed by atoms with Crippen molar-refractivity contribution < 1.29 is 32.6 Å². The van der Waals surface area contributed by atoms with Gasteiger partial charge in [0.1, 0.15) is 51.1 Å². The van der Waals surface area contributed by atoms with Gasteiger partial charge < -0.3 is 42.9 Å². The Kier molecular flexibility index (Phi) is 13.6. The van der Waals surface area contributed by atoms with Crippen LogP contribution < -0.4 is 15.0 Å². The highest BCUT2D eigenvalue weighted by Gasteiger charge is 2.22. The van der Waals surface area contributed by atoms with Gasteiger partial charge in [0.05, 0.1) is 60.7 Å². The molecule has 0 bridgehead atoms. The van der Waals surface area contributed by atoms with Gasteiger partial charge in [-0.3, -0.25) is 9.36 Å². The third-order valence-electron chi connectivity index (χ3n) is 9.28. The van der Waals surface area contributed by atoms with Crippen molar-refractivity contribution in [3.63, 3.8) is 0 Å². The summed E-state index contributed by atoms with van der Waals surface area (Å²) in [5.41, 5.74) is 7.86. The van der Waals surface area contributed by atoms with E-state index in [4.69, 9.17) is 39.6 Å². The van der Waals surface area contributed by atoms with Crippen molar-refractivity contribution in [2.24, 2.45) is 0 Å². The quantitative estimate of drug-likeness (QED) is 0.0863. The van der Waals surface area contributed by atoms with Gasteiger partial charge in [-0.15, -0.1) is 0 Å². The molecule has 0 atom stereocenters. The van der Waals surface area contributed by atoms with E-state index < -0.39 is 5.20 Å². The lowest BCUT2D eigenvalue weighted by molar-refractivity contribution is 0.200. The first-order valence-electron chi connectivity index (χ1n) is 17.8. The fourth-order valence-corrected chi connectivity index (χ4v) is 7.08. The number of aromatic amines is 3. The summed E-state index contributed by atoms with van der Waals surface area (Å²) < 4.78 is 41.5. The molecule has 0 unspecified atom stereocenters. The standard InChI is InChI=1S/C19H19ClN4O3.C19H20N4O4.Cl3OP/c1-9-16(10(2)27-24-9)12-7-13-11(8-14(12)26-4)17-18(20)22-15(5-6-25-3)23-19(17)21-13;1-9-16(10(2)27-23-9)12-7-13-11(8-14(12)26-4)17-18(20-13)21-15(5-6-25-3)22-19(17)24;1-5(2,3)4/h7-8H,5-6H2,1-4H3,(H,21,22,23);7-8H,5-6H2,1-4H3,(H2,20,21,22,24);. The molecular formula is C38H39Cl4N8O8P. The van der Waals surface area contributed by atoms with Crippen molar-refractivity contribution in [3.05, 3.63) is 74.3 Å². The molecule has 6 heterocycles. The largest absolute Gasteiger partial charge is 0.496 e. The number of fused-ring (bicyclic) bond motifs is 6. The maximum absolute atomic E-state index is 12.6. The molecule has 312 valence electrons. The fourth-order valence-electron chi connectivity index (χ4n) is 6.79. The van der Waals surface area contributed by atoms with Gasteiger partial charge in [0.2, 0.25) is 0 Å². The minimum Gasteiger partial charge on any atom is -0.496 e. The highest BCUT2D eigenvalue weighted by Crippen LogP contribution is 2.61. The summed E-state index contributed by atoms with van der Waals surface area (Å²) in [4.78, 5) is 35.6. The van der Waals surface area contributed by atoms with Crippen molar-refractivity contribution >= 4 is 94.4 Å². The van der Waals surface area contributed by atoms with Gasteiger partial charge >= 0.3 is 5.20 Å². The highest BCUT2D eigenvalue weighted by molar-refractivity contribution is 8.24. The molecule has 21 heteroatoms. The van der Waals surface area contributed by atoms with E-state index in [0.717, 1.165) is 66.6 Å². The summed E-state index contributed by atoms with van der Waals surface area (Å²) in [6.07, 6.45) is 1.12. The molecule has 2 aromatic carbocycles. The second-order valence-corrected chi connectivity index (χ2v) is 20.1. The topological polar surface area (TPSA) is 209 Å². The molecule has 0 saturated carbocycles. The van der Waals surface area contributed by atoms with Crippen LogP contribution in [-0.4, -0.2) is 81.9 Å². The molecule has 59 heavy (non-hydrogen) atoms. The molecule has 6 aromatic heterocycles. The number of rotatable bonds is 10. The molecular weight excluding hydrogens is 869 g/mol. The number of ether oxygens (including phenoxy) is 4. The second-order valence-electron chi connectivity index (χ2n) is 13.1. The van der Waals surface area contributed by atoms with Crippen LogP contribution in [0.25, 0.3) is 66.1 Å². The molecule has 0 saturated heterocycles. The van der Waals surface area contributed by atoms with Gasteiger partial charge in [-0.2, -0.15) is 0 Å². The molecule has 0 spiro atoms. The van der Waals surface area contributed by atoms with E-state index >= 15 is 0 Å². The van der Waals surface area contributed by atoms with Crippen LogP contribution in [0, 0.1) is 27.7 Å².